The molecule has 1 aromatic heterocycles. The van der Waals surface area contributed by atoms with E-state index in [0.29, 0.717) is 11.3 Å². The van der Waals surface area contributed by atoms with Gasteiger partial charge in [0, 0.05) is 7.05 Å². The Bertz CT molecular complexity index is 869. The Labute approximate surface area is 135 Å². The summed E-state index contributed by atoms with van der Waals surface area (Å²) < 4.78 is 33.9. The minimum Gasteiger partial charge on any atom is -0.464 e. The molecule has 7 nitrogen and oxygen atoms in total. The molecule has 1 heterocycles. The van der Waals surface area contributed by atoms with E-state index in [1.165, 1.54) is 11.8 Å². The van der Waals surface area contributed by atoms with Crippen LogP contribution in [0.2, 0.25) is 0 Å². The smallest absolute Gasteiger partial charge is 0.358 e. The summed E-state index contributed by atoms with van der Waals surface area (Å²) in [4.78, 5) is 12.1. The molecule has 2 aromatic rings. The van der Waals surface area contributed by atoms with E-state index in [9.17, 15) is 13.2 Å². The lowest BCUT2D eigenvalue weighted by Crippen LogP contribution is -2.18. The van der Waals surface area contributed by atoms with E-state index < -0.39 is 16.0 Å². The van der Waals surface area contributed by atoms with Crippen molar-refractivity contribution < 1.29 is 17.9 Å². The summed E-state index contributed by atoms with van der Waals surface area (Å²) in [5.74, 6) is -0.660. The highest BCUT2D eigenvalue weighted by Crippen LogP contribution is 2.26. The van der Waals surface area contributed by atoms with Crippen LogP contribution in [0.1, 0.15) is 27.3 Å². The molecule has 124 valence electrons. The highest BCUT2D eigenvalue weighted by molar-refractivity contribution is 7.92. The predicted octanol–water partition coefficient (Wildman–Crippen LogP) is 1.93. The Kier molecular flexibility index (Phi) is 4.46. The van der Waals surface area contributed by atoms with E-state index in [1.807, 2.05) is 13.0 Å². The number of methoxy groups -OCH3 is 1. The summed E-state index contributed by atoms with van der Waals surface area (Å²) in [5, 5.41) is 4.09. The summed E-state index contributed by atoms with van der Waals surface area (Å²) in [6.07, 6.45) is 0. The summed E-state index contributed by atoms with van der Waals surface area (Å²) in [7, 11) is -1.07. The lowest BCUT2D eigenvalue weighted by atomic mass is 10.2. The first kappa shape index (κ1) is 17.0. The molecular weight excluding hydrogens is 318 g/mol. The van der Waals surface area contributed by atoms with Crippen molar-refractivity contribution in [2.24, 2.45) is 7.05 Å². The molecule has 0 amide bonds. The molecule has 0 saturated carbocycles. The minimum absolute atomic E-state index is 0.0545. The minimum atomic E-state index is -3.85. The van der Waals surface area contributed by atoms with Crippen molar-refractivity contribution in [3.8, 4) is 0 Å². The van der Waals surface area contributed by atoms with Crippen LogP contribution in [0.15, 0.2) is 23.1 Å². The molecule has 23 heavy (non-hydrogen) atoms. The molecule has 0 unspecified atom stereocenters. The Hall–Kier alpha value is -2.35. The topological polar surface area (TPSA) is 90.3 Å². The molecule has 0 radical (unpaired) electrons. The van der Waals surface area contributed by atoms with Crippen LogP contribution >= 0.6 is 0 Å². The third-order valence-electron chi connectivity index (χ3n) is 3.47. The predicted molar refractivity (Wildman–Crippen MR) is 86.0 cm³/mol. The van der Waals surface area contributed by atoms with Gasteiger partial charge in [-0.1, -0.05) is 12.1 Å². The Morgan fingerprint density at radius 3 is 2.52 bits per heavy atom. The molecule has 0 aliphatic rings. The average Bonchev–Trinajstić information content (AvgIpc) is 2.74. The number of benzene rings is 1. The number of esters is 1. The Morgan fingerprint density at radius 1 is 1.26 bits per heavy atom. The van der Waals surface area contributed by atoms with Crippen molar-refractivity contribution >= 4 is 21.7 Å². The normalized spacial score (nSPS) is 11.3. The number of nitrogens with zero attached hydrogens (tertiary/aromatic N) is 2. The second-order valence-electron chi connectivity index (χ2n) is 5.30. The van der Waals surface area contributed by atoms with Crippen LogP contribution in [-0.2, 0) is 21.8 Å². The molecule has 1 N–H and O–H groups in total. The number of carbonyl (C=O) groups excluding carboxylic acids is 1. The number of anilines is 1. The van der Waals surface area contributed by atoms with Crippen LogP contribution in [0, 0.1) is 20.8 Å². The maximum Gasteiger partial charge on any atom is 0.358 e. The largest absolute Gasteiger partial charge is 0.464 e. The van der Waals surface area contributed by atoms with Crippen molar-refractivity contribution in [3.05, 3.63) is 40.7 Å². The van der Waals surface area contributed by atoms with Gasteiger partial charge in [-0.25, -0.2) is 13.2 Å². The zero-order valence-corrected chi connectivity index (χ0v) is 14.5. The molecule has 0 aliphatic heterocycles. The molecule has 0 saturated heterocycles. The average molecular weight is 337 g/mol. The van der Waals surface area contributed by atoms with Gasteiger partial charge in [-0.15, -0.1) is 0 Å². The molecule has 0 aliphatic carbocycles. The number of nitrogens with one attached hydrogen (secondary N) is 1. The van der Waals surface area contributed by atoms with Crippen molar-refractivity contribution in [2.45, 2.75) is 25.7 Å². The lowest BCUT2D eigenvalue weighted by molar-refractivity contribution is 0.0589. The number of rotatable bonds is 4. The molecule has 0 spiro atoms. The van der Waals surface area contributed by atoms with Gasteiger partial charge in [-0.3, -0.25) is 9.40 Å². The van der Waals surface area contributed by atoms with Crippen LogP contribution in [0.25, 0.3) is 0 Å². The van der Waals surface area contributed by atoms with Crippen molar-refractivity contribution in [1.29, 1.82) is 0 Å². The highest BCUT2D eigenvalue weighted by Gasteiger charge is 2.26. The van der Waals surface area contributed by atoms with Gasteiger partial charge >= 0.3 is 5.97 Å². The summed E-state index contributed by atoms with van der Waals surface area (Å²) >= 11 is 0. The number of hydrogen-bond acceptors (Lipinski definition) is 5. The molecule has 2 rings (SSSR count). The molecule has 1 aromatic carbocycles. The maximum atomic E-state index is 12.7. The quantitative estimate of drug-likeness (QED) is 0.861. The van der Waals surface area contributed by atoms with Crippen LogP contribution in [0.4, 0.5) is 5.69 Å². The summed E-state index contributed by atoms with van der Waals surface area (Å²) in [5.41, 5.74) is 2.01. The third-order valence-corrected chi connectivity index (χ3v) is 4.96. The number of carbonyl (C=O) groups is 1. The van der Waals surface area contributed by atoms with E-state index in [-0.39, 0.29) is 16.3 Å². The standard InChI is InChI=1S/C15H19N3O4S/c1-9-6-7-10(2)12(8-9)23(20,21)17-13-11(3)16-18(4)14(13)15(19)22-5/h6-8,17H,1-5H3. The Balaban J connectivity index is 2.54. The van der Waals surface area contributed by atoms with E-state index >= 15 is 0 Å². The fourth-order valence-corrected chi connectivity index (χ4v) is 3.75. The Morgan fingerprint density at radius 2 is 1.91 bits per heavy atom. The van der Waals surface area contributed by atoms with Crippen LogP contribution in [0.5, 0.6) is 0 Å². The number of aryl methyl sites for hydroxylation is 4. The monoisotopic (exact) mass is 337 g/mol. The molecule has 0 fully saturated rings. The van der Waals surface area contributed by atoms with Gasteiger partial charge in [-0.05, 0) is 38.0 Å². The van der Waals surface area contributed by atoms with E-state index in [4.69, 9.17) is 4.74 Å². The first-order valence-corrected chi connectivity index (χ1v) is 8.37. The fraction of sp³-hybridized carbons (Fsp3) is 0.333. The van der Waals surface area contributed by atoms with Gasteiger partial charge < -0.3 is 4.74 Å². The van der Waals surface area contributed by atoms with Crippen molar-refractivity contribution in [3.63, 3.8) is 0 Å². The van der Waals surface area contributed by atoms with E-state index in [2.05, 4.69) is 9.82 Å². The zero-order valence-electron chi connectivity index (χ0n) is 13.7. The van der Waals surface area contributed by atoms with Gasteiger partial charge in [0.15, 0.2) is 5.69 Å². The van der Waals surface area contributed by atoms with Gasteiger partial charge in [0.2, 0.25) is 0 Å². The van der Waals surface area contributed by atoms with Gasteiger partial charge in [0.1, 0.15) is 5.69 Å². The van der Waals surface area contributed by atoms with Crippen molar-refractivity contribution in [2.75, 3.05) is 11.8 Å². The lowest BCUT2D eigenvalue weighted by Gasteiger charge is -2.12. The van der Waals surface area contributed by atoms with Gasteiger partial charge in [0.05, 0.1) is 17.7 Å². The van der Waals surface area contributed by atoms with E-state index in [0.717, 1.165) is 5.56 Å². The molecule has 0 bridgehead atoms. The summed E-state index contributed by atoms with van der Waals surface area (Å²) in [6, 6.07) is 5.16. The van der Waals surface area contributed by atoms with E-state index in [1.54, 1.807) is 33.0 Å². The number of ether oxygens (including phenoxy) is 1. The summed E-state index contributed by atoms with van der Waals surface area (Å²) in [6.45, 7) is 5.15. The molecule has 0 atom stereocenters. The maximum absolute atomic E-state index is 12.7. The van der Waals surface area contributed by atoms with Gasteiger partial charge in [-0.2, -0.15) is 5.10 Å². The van der Waals surface area contributed by atoms with Crippen molar-refractivity contribution in [1.82, 2.24) is 9.78 Å². The first-order chi connectivity index (χ1) is 10.7. The highest BCUT2D eigenvalue weighted by atomic mass is 32.2. The third kappa shape index (κ3) is 3.21. The molecule has 8 heteroatoms. The molecular formula is C15H19N3O4S. The number of hydrogen-bond donors (Lipinski definition) is 1. The zero-order chi connectivity index (χ0) is 17.4. The second-order valence-corrected chi connectivity index (χ2v) is 6.95. The SMILES string of the molecule is COC(=O)c1c(NS(=O)(=O)c2cc(C)ccc2C)c(C)nn1C. The fourth-order valence-electron chi connectivity index (χ4n) is 2.30. The van der Waals surface area contributed by atoms with Crippen LogP contribution in [-0.4, -0.2) is 31.3 Å². The number of sulfonamides is 1. The first-order valence-electron chi connectivity index (χ1n) is 6.89. The second kappa shape index (κ2) is 6.04. The van der Waals surface area contributed by atoms with Crippen LogP contribution in [0.3, 0.4) is 0 Å². The van der Waals surface area contributed by atoms with Crippen LogP contribution < -0.4 is 4.72 Å². The number of aromatic nitrogens is 2. The van der Waals surface area contributed by atoms with Gasteiger partial charge in [0.25, 0.3) is 10.0 Å².